The van der Waals surface area contributed by atoms with Crippen LogP contribution in [0.5, 0.6) is 0 Å². The van der Waals surface area contributed by atoms with Crippen LogP contribution in [0.4, 0.5) is 104 Å². The molecule has 2 aromatic carbocycles. The van der Waals surface area contributed by atoms with Crippen molar-refractivity contribution in [2.45, 2.75) is 85.8 Å². The van der Waals surface area contributed by atoms with E-state index in [4.69, 9.17) is 0 Å². The van der Waals surface area contributed by atoms with E-state index in [2.05, 4.69) is 18.9 Å². The van der Waals surface area contributed by atoms with Crippen molar-refractivity contribution in [3.63, 3.8) is 0 Å². The molecule has 10 nitrogen and oxygen atoms in total. The van der Waals surface area contributed by atoms with Crippen molar-refractivity contribution in [1.29, 1.82) is 0 Å². The summed E-state index contributed by atoms with van der Waals surface area (Å²) in [5, 5.41) is 41.1. The van der Waals surface area contributed by atoms with Crippen LogP contribution in [0.3, 0.4) is 0 Å². The number of hydrogen-bond donors (Lipinski definition) is 4. The van der Waals surface area contributed by atoms with E-state index in [9.17, 15) is 113 Å². The molecule has 0 fully saturated rings. The maximum atomic E-state index is 14.0. The van der Waals surface area contributed by atoms with Gasteiger partial charge in [-0.15, -0.1) is 0 Å². The van der Waals surface area contributed by atoms with Crippen LogP contribution >= 0.6 is 0 Å². The molecule has 0 spiro atoms. The van der Waals surface area contributed by atoms with Gasteiger partial charge in [-0.25, -0.2) is 8.78 Å². The van der Waals surface area contributed by atoms with E-state index in [0.717, 1.165) is 21.9 Å². The fraction of sp³-hybridized carbons (Fsp3) is 0.667. The van der Waals surface area contributed by atoms with Crippen molar-refractivity contribution in [3.05, 3.63) is 59.7 Å². The largest absolute Gasteiger partial charge is 0.482 e. The number of alkyl halides is 21. The fourth-order valence-electron chi connectivity index (χ4n) is 5.26. The highest BCUT2D eigenvalue weighted by atomic mass is 19.4. The first-order valence-electron chi connectivity index (χ1n) is 18.5. The number of rotatable bonds is 27. The molecule has 0 radical (unpaired) electrons. The third-order valence-electron chi connectivity index (χ3n) is 8.69. The van der Waals surface area contributed by atoms with Gasteiger partial charge in [0.05, 0.1) is 50.8 Å². The zero-order valence-electron chi connectivity index (χ0n) is 33.5. The molecule has 0 saturated carbocycles. The van der Waals surface area contributed by atoms with Gasteiger partial charge in [-0.2, -0.15) is 83.4 Å². The minimum absolute atomic E-state index is 0.000869. The fourth-order valence-corrected chi connectivity index (χ4v) is 5.26. The van der Waals surface area contributed by atoms with Crippen molar-refractivity contribution < 1.29 is 132 Å². The molecule has 0 heterocycles. The van der Waals surface area contributed by atoms with Gasteiger partial charge < -0.3 is 49.2 Å². The van der Waals surface area contributed by atoms with Gasteiger partial charge in [0, 0.05) is 37.6 Å². The molecule has 5 atom stereocenters. The Bertz CT molecular complexity index is 1730. The molecule has 2 rings (SSSR count). The number of nitrogens with zero attached hydrogens (tertiary/aromatic N) is 2. The van der Waals surface area contributed by atoms with Crippen LogP contribution in [0, 0.1) is 0 Å². The molecule has 0 aliphatic rings. The average molecular weight is 1030 g/mol. The summed E-state index contributed by atoms with van der Waals surface area (Å²) in [5.41, 5.74) is 0.553. The maximum absolute atomic E-state index is 14.0. The summed E-state index contributed by atoms with van der Waals surface area (Å²) in [6.07, 6.45) is -43.6. The standard InChI is InChI=1S/C36H39F21N2O8/c37-28(38)31(43,34(50,51)52)66-16-26(62)12-59(13-27(63)17-67-36(56,57)35(53,54)55)23-7-3-21(4-8-23)9-20-1-5-22(6-2-20)58(10-24(60)14-64-18-29(39,40)32(44,45)46)11-25(61)15-65-19-30(41,42)33(47,48)49/h1-8,24-28,60-63H,9-19H2. The molecule has 0 aliphatic heterocycles. The lowest BCUT2D eigenvalue weighted by atomic mass is 10.0. The molecular weight excluding hydrogens is 987 g/mol. The van der Waals surface area contributed by atoms with Crippen LogP contribution in [-0.2, 0) is 25.4 Å². The Morgan fingerprint density at radius 1 is 0.418 bits per heavy atom. The highest BCUT2D eigenvalue weighted by Gasteiger charge is 2.65. The summed E-state index contributed by atoms with van der Waals surface area (Å²) in [6.45, 7) is -13.9. The molecule has 0 saturated heterocycles. The Morgan fingerprint density at radius 2 is 0.731 bits per heavy atom. The summed E-state index contributed by atoms with van der Waals surface area (Å²) in [7, 11) is 0. The second-order valence-electron chi connectivity index (χ2n) is 14.4. The minimum atomic E-state index is -6.31. The maximum Gasteiger partial charge on any atom is 0.482 e. The summed E-state index contributed by atoms with van der Waals surface area (Å²) in [6, 6.07) is 9.99. The van der Waals surface area contributed by atoms with Crippen molar-refractivity contribution in [3.8, 4) is 0 Å². The minimum Gasteiger partial charge on any atom is -0.389 e. The predicted molar refractivity (Wildman–Crippen MR) is 187 cm³/mol. The molecule has 2 aromatic rings. The van der Waals surface area contributed by atoms with Crippen molar-refractivity contribution in [2.24, 2.45) is 0 Å². The van der Waals surface area contributed by atoms with E-state index in [-0.39, 0.29) is 17.8 Å². The zero-order valence-corrected chi connectivity index (χ0v) is 33.5. The first-order chi connectivity index (χ1) is 30.3. The Morgan fingerprint density at radius 3 is 1.01 bits per heavy atom. The first kappa shape index (κ1) is 59.4. The Balaban J connectivity index is 2.31. The lowest BCUT2D eigenvalue weighted by Crippen LogP contribution is -2.51. The van der Waals surface area contributed by atoms with E-state index < -0.39 is 145 Å². The van der Waals surface area contributed by atoms with E-state index in [1.807, 2.05) is 0 Å². The molecule has 0 aromatic heterocycles. The van der Waals surface area contributed by atoms with Crippen LogP contribution in [0.2, 0.25) is 0 Å². The molecule has 0 aliphatic carbocycles. The van der Waals surface area contributed by atoms with Crippen LogP contribution < -0.4 is 9.80 Å². The number of anilines is 2. The van der Waals surface area contributed by atoms with Gasteiger partial charge in [0.1, 0.15) is 13.2 Å². The SMILES string of the molecule is OC(COCC(F)(F)C(F)(F)F)CN(CC(O)COCC(F)(F)C(F)(F)F)c1ccc(Cc2ccc(N(CC(O)COC(F)(F)C(F)(F)F)CC(O)COC(F)(C(F)F)C(F)(F)F)cc2)cc1. The number of aliphatic hydroxyl groups is 4. The van der Waals surface area contributed by atoms with Crippen LogP contribution in [0.1, 0.15) is 11.1 Å². The zero-order chi connectivity index (χ0) is 51.6. The molecule has 4 N–H and O–H groups in total. The summed E-state index contributed by atoms with van der Waals surface area (Å²) >= 11 is 0. The molecule has 0 amide bonds. The Kier molecular flexibility index (Phi) is 20.6. The second-order valence-corrected chi connectivity index (χ2v) is 14.4. The third-order valence-corrected chi connectivity index (χ3v) is 8.69. The van der Waals surface area contributed by atoms with E-state index in [1.165, 1.54) is 36.4 Å². The Labute approximate surface area is 364 Å². The number of hydrogen-bond acceptors (Lipinski definition) is 10. The van der Waals surface area contributed by atoms with Gasteiger partial charge in [0.2, 0.25) is 0 Å². The second kappa shape index (κ2) is 23.2. The van der Waals surface area contributed by atoms with Crippen LogP contribution in [0.25, 0.3) is 0 Å². The smallest absolute Gasteiger partial charge is 0.389 e. The molecule has 31 heteroatoms. The van der Waals surface area contributed by atoms with Gasteiger partial charge in [0.25, 0.3) is 0 Å². The van der Waals surface area contributed by atoms with Gasteiger partial charge >= 0.3 is 54.9 Å². The van der Waals surface area contributed by atoms with E-state index in [0.29, 0.717) is 11.1 Å². The topological polar surface area (TPSA) is 124 Å². The van der Waals surface area contributed by atoms with E-state index in [1.54, 1.807) is 0 Å². The predicted octanol–water partition coefficient (Wildman–Crippen LogP) is 7.44. The monoisotopic (exact) mass is 1030 g/mol. The number of aliphatic hydroxyl groups excluding tert-OH is 4. The Hall–Kier alpha value is -3.75. The van der Waals surface area contributed by atoms with Gasteiger partial charge in [-0.1, -0.05) is 24.3 Å². The first-order valence-corrected chi connectivity index (χ1v) is 18.5. The summed E-state index contributed by atoms with van der Waals surface area (Å²) in [4.78, 5) is 1.73. The summed E-state index contributed by atoms with van der Waals surface area (Å²) in [5.74, 6) is -16.2. The quantitative estimate of drug-likeness (QED) is 0.0672. The number of halogens is 21. The average Bonchev–Trinajstić information content (AvgIpc) is 3.17. The van der Waals surface area contributed by atoms with Crippen LogP contribution in [-0.4, -0.2) is 166 Å². The molecule has 388 valence electrons. The van der Waals surface area contributed by atoms with E-state index >= 15 is 0 Å². The van der Waals surface area contributed by atoms with Crippen molar-refractivity contribution in [1.82, 2.24) is 0 Å². The number of ether oxygens (including phenoxy) is 4. The molecular formula is C36H39F21N2O8. The molecule has 0 bridgehead atoms. The third kappa shape index (κ3) is 17.9. The number of benzene rings is 2. The van der Waals surface area contributed by atoms with Crippen LogP contribution in [0.15, 0.2) is 48.5 Å². The van der Waals surface area contributed by atoms with Crippen molar-refractivity contribution >= 4 is 11.4 Å². The normalized spacial score (nSPS) is 16.4. The van der Waals surface area contributed by atoms with Gasteiger partial charge in [-0.05, 0) is 41.8 Å². The molecule has 5 unspecified atom stereocenters. The van der Waals surface area contributed by atoms with Gasteiger partial charge in [0.15, 0.2) is 0 Å². The highest BCUT2D eigenvalue weighted by molar-refractivity contribution is 5.51. The summed E-state index contributed by atoms with van der Waals surface area (Å²) < 4.78 is 286. The molecule has 67 heavy (non-hydrogen) atoms. The lowest BCUT2D eigenvalue weighted by Gasteiger charge is -2.32. The van der Waals surface area contributed by atoms with Crippen molar-refractivity contribution in [2.75, 3.05) is 75.6 Å². The lowest BCUT2D eigenvalue weighted by molar-refractivity contribution is -0.394. The van der Waals surface area contributed by atoms with Gasteiger partial charge in [-0.3, -0.25) is 0 Å². The highest BCUT2D eigenvalue weighted by Crippen LogP contribution is 2.41.